The molecule has 2 N–H and O–H groups in total. The number of aliphatic hydroxyl groups excluding tert-OH is 1. The molecule has 0 aromatic carbocycles. The zero-order chi connectivity index (χ0) is 13.6. The van der Waals surface area contributed by atoms with Crippen molar-refractivity contribution in [2.75, 3.05) is 13.2 Å². The highest BCUT2D eigenvalue weighted by molar-refractivity contribution is 5.78. The highest BCUT2D eigenvalue weighted by Crippen LogP contribution is 2.21. The van der Waals surface area contributed by atoms with Crippen molar-refractivity contribution in [3.8, 4) is 0 Å². The van der Waals surface area contributed by atoms with Gasteiger partial charge in [0.25, 0.3) is 0 Å². The Morgan fingerprint density at radius 1 is 1.44 bits per heavy atom. The summed E-state index contributed by atoms with van der Waals surface area (Å²) in [6.07, 6.45) is 4.15. The number of hydrogen-bond acceptors (Lipinski definition) is 3. The van der Waals surface area contributed by atoms with Crippen LogP contribution in [0.1, 0.15) is 32.8 Å². The summed E-state index contributed by atoms with van der Waals surface area (Å²) in [5.41, 5.74) is 0.988. The first-order valence-electron chi connectivity index (χ1n) is 6.30. The zero-order valence-electron chi connectivity index (χ0n) is 11.3. The number of rotatable bonds is 6. The van der Waals surface area contributed by atoms with Crippen LogP contribution in [0.5, 0.6) is 0 Å². The Hall–Kier alpha value is -1.42. The van der Waals surface area contributed by atoms with Gasteiger partial charge >= 0.3 is 0 Å². The Morgan fingerprint density at radius 3 is 2.56 bits per heavy atom. The maximum Gasteiger partial charge on any atom is 0.225 e. The van der Waals surface area contributed by atoms with E-state index in [9.17, 15) is 4.79 Å². The van der Waals surface area contributed by atoms with Crippen LogP contribution in [0.25, 0.3) is 0 Å². The van der Waals surface area contributed by atoms with Gasteiger partial charge < -0.3 is 10.4 Å². The van der Waals surface area contributed by atoms with Crippen molar-refractivity contribution in [2.45, 2.75) is 32.6 Å². The van der Waals surface area contributed by atoms with Crippen molar-refractivity contribution >= 4 is 5.91 Å². The Morgan fingerprint density at radius 2 is 2.06 bits per heavy atom. The van der Waals surface area contributed by atoms with E-state index in [0.717, 1.165) is 5.56 Å². The minimum atomic E-state index is -0.307. The Kier molecular flexibility index (Phi) is 5.28. The largest absolute Gasteiger partial charge is 0.396 e. The summed E-state index contributed by atoms with van der Waals surface area (Å²) in [6.45, 7) is 6.49. The second-order valence-corrected chi connectivity index (χ2v) is 5.13. The van der Waals surface area contributed by atoms with Crippen molar-refractivity contribution in [1.29, 1.82) is 0 Å². The van der Waals surface area contributed by atoms with Gasteiger partial charge in [-0.2, -0.15) is 0 Å². The number of aromatic nitrogens is 1. The number of aliphatic hydroxyl groups is 1. The third-order valence-corrected chi connectivity index (χ3v) is 3.25. The number of amides is 1. The van der Waals surface area contributed by atoms with Gasteiger partial charge in [0.2, 0.25) is 5.91 Å². The van der Waals surface area contributed by atoms with E-state index >= 15 is 0 Å². The summed E-state index contributed by atoms with van der Waals surface area (Å²) in [5, 5.41) is 12.0. The average Bonchev–Trinajstić information content (AvgIpc) is 2.39. The monoisotopic (exact) mass is 250 g/mol. The fourth-order valence-electron chi connectivity index (χ4n) is 1.75. The first kappa shape index (κ1) is 14.6. The molecule has 1 aromatic rings. The van der Waals surface area contributed by atoms with Gasteiger partial charge in [0.15, 0.2) is 0 Å². The van der Waals surface area contributed by atoms with E-state index in [1.165, 1.54) is 0 Å². The molecule has 0 aliphatic rings. The van der Waals surface area contributed by atoms with Gasteiger partial charge in [0.1, 0.15) is 0 Å². The van der Waals surface area contributed by atoms with Crippen LogP contribution in [0.4, 0.5) is 0 Å². The fraction of sp³-hybridized carbons (Fsp3) is 0.571. The number of hydrogen-bond donors (Lipinski definition) is 2. The molecule has 1 aromatic heterocycles. The van der Waals surface area contributed by atoms with Crippen molar-refractivity contribution in [3.05, 3.63) is 30.1 Å². The molecule has 0 bridgehead atoms. The molecule has 1 heterocycles. The van der Waals surface area contributed by atoms with E-state index < -0.39 is 0 Å². The highest BCUT2D eigenvalue weighted by atomic mass is 16.3. The van der Waals surface area contributed by atoms with E-state index in [4.69, 9.17) is 5.11 Å². The molecular weight excluding hydrogens is 228 g/mol. The van der Waals surface area contributed by atoms with E-state index in [0.29, 0.717) is 13.0 Å². The SMILES string of the molecule is CCC(CO)C(=O)NCC(C)(C)c1ccncc1. The molecule has 0 fully saturated rings. The van der Waals surface area contributed by atoms with Crippen LogP contribution in [0, 0.1) is 5.92 Å². The molecular formula is C14H22N2O2. The normalized spacial score (nSPS) is 13.1. The lowest BCUT2D eigenvalue weighted by atomic mass is 9.85. The number of nitrogens with one attached hydrogen (secondary N) is 1. The molecule has 1 unspecified atom stereocenters. The van der Waals surface area contributed by atoms with Gasteiger partial charge in [-0.15, -0.1) is 0 Å². The number of nitrogens with zero attached hydrogens (tertiary/aromatic N) is 1. The predicted octanol–water partition coefficient (Wildman–Crippen LogP) is 1.49. The van der Waals surface area contributed by atoms with Gasteiger partial charge in [-0.25, -0.2) is 0 Å². The second-order valence-electron chi connectivity index (χ2n) is 5.13. The molecule has 0 saturated heterocycles. The number of carbonyl (C=O) groups is 1. The van der Waals surface area contributed by atoms with Crippen LogP contribution in [-0.4, -0.2) is 29.1 Å². The van der Waals surface area contributed by atoms with E-state index in [1.54, 1.807) is 12.4 Å². The molecule has 0 radical (unpaired) electrons. The van der Waals surface area contributed by atoms with Crippen molar-refractivity contribution < 1.29 is 9.90 Å². The smallest absolute Gasteiger partial charge is 0.225 e. The molecule has 1 amide bonds. The minimum absolute atomic E-state index is 0.0814. The van der Waals surface area contributed by atoms with Gasteiger partial charge in [0, 0.05) is 24.4 Å². The lowest BCUT2D eigenvalue weighted by Gasteiger charge is -2.26. The quantitative estimate of drug-likeness (QED) is 0.804. The molecule has 4 nitrogen and oxygen atoms in total. The molecule has 18 heavy (non-hydrogen) atoms. The van der Waals surface area contributed by atoms with Crippen LogP contribution in [0.2, 0.25) is 0 Å². The molecule has 100 valence electrons. The lowest BCUT2D eigenvalue weighted by molar-refractivity contribution is -0.126. The molecule has 0 aliphatic carbocycles. The van der Waals surface area contributed by atoms with Crippen molar-refractivity contribution in [1.82, 2.24) is 10.3 Å². The average molecular weight is 250 g/mol. The van der Waals surface area contributed by atoms with Crippen LogP contribution < -0.4 is 5.32 Å². The number of pyridine rings is 1. The van der Waals surface area contributed by atoms with Gasteiger partial charge in [0.05, 0.1) is 12.5 Å². The lowest BCUT2D eigenvalue weighted by Crippen LogP contribution is -2.40. The Labute approximate surface area is 108 Å². The summed E-state index contributed by atoms with van der Waals surface area (Å²) in [4.78, 5) is 15.8. The molecule has 1 rings (SSSR count). The molecule has 1 atom stereocenters. The molecule has 0 aliphatic heterocycles. The van der Waals surface area contributed by atoms with Crippen LogP contribution in [0.15, 0.2) is 24.5 Å². The summed E-state index contributed by atoms with van der Waals surface area (Å²) >= 11 is 0. The fourth-order valence-corrected chi connectivity index (χ4v) is 1.75. The number of carbonyl (C=O) groups excluding carboxylic acids is 1. The summed E-state index contributed by atoms with van der Waals surface area (Å²) < 4.78 is 0. The first-order valence-corrected chi connectivity index (χ1v) is 6.30. The Bertz CT molecular complexity index is 373. The van der Waals surface area contributed by atoms with E-state index in [1.807, 2.05) is 19.1 Å². The third kappa shape index (κ3) is 3.81. The topological polar surface area (TPSA) is 62.2 Å². The van der Waals surface area contributed by atoms with Gasteiger partial charge in [-0.1, -0.05) is 20.8 Å². The van der Waals surface area contributed by atoms with Gasteiger partial charge in [-0.05, 0) is 24.1 Å². The van der Waals surface area contributed by atoms with Crippen molar-refractivity contribution in [3.63, 3.8) is 0 Å². The van der Waals surface area contributed by atoms with E-state index in [-0.39, 0.29) is 23.8 Å². The molecule has 0 saturated carbocycles. The standard InChI is InChI=1S/C14H22N2O2/c1-4-11(9-17)13(18)16-10-14(2,3)12-5-7-15-8-6-12/h5-8,11,17H,4,9-10H2,1-3H3,(H,16,18). The first-order chi connectivity index (χ1) is 8.51. The van der Waals surface area contributed by atoms with Crippen LogP contribution in [0.3, 0.4) is 0 Å². The maximum atomic E-state index is 11.8. The second kappa shape index (κ2) is 6.50. The summed E-state index contributed by atoms with van der Waals surface area (Å²) in [6, 6.07) is 3.91. The van der Waals surface area contributed by atoms with Crippen LogP contribution >= 0.6 is 0 Å². The predicted molar refractivity (Wildman–Crippen MR) is 71.1 cm³/mol. The zero-order valence-corrected chi connectivity index (χ0v) is 11.3. The Balaban J connectivity index is 2.60. The van der Waals surface area contributed by atoms with Crippen molar-refractivity contribution in [2.24, 2.45) is 5.92 Å². The van der Waals surface area contributed by atoms with Crippen LogP contribution in [-0.2, 0) is 10.2 Å². The van der Waals surface area contributed by atoms with E-state index in [2.05, 4.69) is 24.1 Å². The molecule has 4 heteroatoms. The summed E-state index contributed by atoms with van der Waals surface area (Å²) in [7, 11) is 0. The highest BCUT2D eigenvalue weighted by Gasteiger charge is 2.23. The third-order valence-electron chi connectivity index (χ3n) is 3.25. The van der Waals surface area contributed by atoms with Gasteiger partial charge in [-0.3, -0.25) is 9.78 Å². The maximum absolute atomic E-state index is 11.8. The minimum Gasteiger partial charge on any atom is -0.396 e. The molecule has 0 spiro atoms. The summed E-state index contributed by atoms with van der Waals surface area (Å²) in [5.74, 6) is -0.389.